The molecule has 3 amide bonds. The first kappa shape index (κ1) is 29.4. The first-order valence-corrected chi connectivity index (χ1v) is 14.2. The molecular formula is C29H39N3O5S. The smallest absolute Gasteiger partial charge is 0.408 e. The van der Waals surface area contributed by atoms with Gasteiger partial charge in [0.05, 0.1) is 7.11 Å². The number of hydrogen-bond acceptors (Lipinski definition) is 6. The second-order valence-electron chi connectivity index (χ2n) is 10.5. The zero-order valence-corrected chi connectivity index (χ0v) is 23.9. The van der Waals surface area contributed by atoms with E-state index in [-0.39, 0.29) is 17.9 Å². The Labute approximate surface area is 229 Å². The summed E-state index contributed by atoms with van der Waals surface area (Å²) in [7, 11) is 1.58. The van der Waals surface area contributed by atoms with Crippen LogP contribution in [0.4, 0.5) is 10.5 Å². The van der Waals surface area contributed by atoms with Crippen molar-refractivity contribution in [1.29, 1.82) is 0 Å². The fourth-order valence-corrected chi connectivity index (χ4v) is 4.63. The Bertz CT molecular complexity index is 1110. The van der Waals surface area contributed by atoms with E-state index in [2.05, 4.69) is 10.6 Å². The molecule has 1 aliphatic carbocycles. The number of amides is 3. The van der Waals surface area contributed by atoms with E-state index in [9.17, 15) is 14.4 Å². The van der Waals surface area contributed by atoms with Gasteiger partial charge in [-0.15, -0.1) is 0 Å². The fraction of sp³-hybridized carbons (Fsp3) is 0.483. The third-order valence-corrected chi connectivity index (χ3v) is 6.68. The van der Waals surface area contributed by atoms with Gasteiger partial charge in [-0.3, -0.25) is 9.59 Å². The van der Waals surface area contributed by atoms with E-state index in [1.54, 1.807) is 68.8 Å². The first-order valence-electron chi connectivity index (χ1n) is 12.8. The van der Waals surface area contributed by atoms with Gasteiger partial charge < -0.3 is 25.0 Å². The second-order valence-corrected chi connectivity index (χ2v) is 11.5. The quantitative estimate of drug-likeness (QED) is 0.400. The summed E-state index contributed by atoms with van der Waals surface area (Å²) in [4.78, 5) is 42.3. The first-order chi connectivity index (χ1) is 18.0. The van der Waals surface area contributed by atoms with Crippen LogP contribution in [0.2, 0.25) is 0 Å². The number of hydrogen-bond donors (Lipinski definition) is 2. The Balaban J connectivity index is 1.95. The number of carbonyl (C=O) groups excluding carboxylic acids is 3. The predicted molar refractivity (Wildman–Crippen MR) is 152 cm³/mol. The van der Waals surface area contributed by atoms with Crippen LogP contribution in [0.1, 0.15) is 57.2 Å². The maximum Gasteiger partial charge on any atom is 0.408 e. The van der Waals surface area contributed by atoms with Gasteiger partial charge in [0.2, 0.25) is 5.91 Å². The van der Waals surface area contributed by atoms with Crippen molar-refractivity contribution in [2.45, 2.75) is 70.7 Å². The largest absolute Gasteiger partial charge is 0.497 e. The van der Waals surface area contributed by atoms with E-state index in [0.717, 1.165) is 24.0 Å². The zero-order chi connectivity index (χ0) is 27.9. The summed E-state index contributed by atoms with van der Waals surface area (Å²) in [5.41, 5.74) is 1.61. The molecule has 0 aliphatic heterocycles. The zero-order valence-electron chi connectivity index (χ0n) is 23.1. The number of aryl methyl sites for hydroxylation is 1. The highest BCUT2D eigenvalue weighted by Crippen LogP contribution is 2.36. The minimum Gasteiger partial charge on any atom is -0.497 e. The van der Waals surface area contributed by atoms with Gasteiger partial charge in [0.15, 0.2) is 0 Å². The molecule has 2 atom stereocenters. The Morgan fingerprint density at radius 1 is 1.11 bits per heavy atom. The molecule has 2 aromatic rings. The molecule has 2 aromatic carbocycles. The lowest BCUT2D eigenvalue weighted by molar-refractivity contribution is -0.141. The van der Waals surface area contributed by atoms with Gasteiger partial charge in [-0.05, 0) is 88.8 Å². The summed E-state index contributed by atoms with van der Waals surface area (Å²) in [6.45, 7) is 7.29. The van der Waals surface area contributed by atoms with E-state index in [4.69, 9.17) is 9.47 Å². The van der Waals surface area contributed by atoms with Crippen LogP contribution >= 0.6 is 11.8 Å². The SMILES string of the molecule is COc1ccc(NC(=O)C(c2cccc(C)c2)N(C(=O)C(CCSC)NC(=O)OC(C)(C)C)C2CC2)cc1. The normalized spacial score (nSPS) is 14.7. The van der Waals surface area contributed by atoms with Crippen LogP contribution in [0.25, 0.3) is 0 Å². The van der Waals surface area contributed by atoms with Crippen molar-refractivity contribution in [2.24, 2.45) is 0 Å². The number of ether oxygens (including phenoxy) is 2. The second kappa shape index (κ2) is 13.0. The minimum absolute atomic E-state index is 0.0909. The standard InChI is InChI=1S/C29H39N3O5S/c1-19-8-7-9-20(18-19)25(26(33)30-21-10-14-23(36-5)15-11-21)32(22-12-13-22)27(34)24(16-17-38-6)31-28(35)37-29(2,3)4/h7-11,14-15,18,22,24-25H,12-13,16-17H2,1-6H3,(H,30,33)(H,31,35). The molecule has 8 nitrogen and oxygen atoms in total. The highest BCUT2D eigenvalue weighted by Gasteiger charge is 2.44. The number of thioether (sulfide) groups is 1. The molecule has 0 radical (unpaired) electrons. The van der Waals surface area contributed by atoms with Crippen LogP contribution in [0.15, 0.2) is 48.5 Å². The maximum atomic E-state index is 14.1. The van der Waals surface area contributed by atoms with Crippen LogP contribution in [0, 0.1) is 6.92 Å². The van der Waals surface area contributed by atoms with Crippen molar-refractivity contribution in [1.82, 2.24) is 10.2 Å². The van der Waals surface area contributed by atoms with Gasteiger partial charge in [-0.1, -0.05) is 29.8 Å². The van der Waals surface area contributed by atoms with E-state index >= 15 is 0 Å². The highest BCUT2D eigenvalue weighted by molar-refractivity contribution is 7.98. The monoisotopic (exact) mass is 541 g/mol. The summed E-state index contributed by atoms with van der Waals surface area (Å²) in [6.07, 6.45) is 3.31. The van der Waals surface area contributed by atoms with E-state index in [1.165, 1.54) is 0 Å². The molecule has 38 heavy (non-hydrogen) atoms. The topological polar surface area (TPSA) is 97.0 Å². The molecule has 0 bridgehead atoms. The van der Waals surface area contributed by atoms with E-state index in [1.807, 2.05) is 37.4 Å². The Kier molecular flexibility index (Phi) is 10.1. The number of anilines is 1. The molecule has 3 rings (SSSR count). The predicted octanol–water partition coefficient (Wildman–Crippen LogP) is 5.32. The molecule has 206 valence electrons. The summed E-state index contributed by atoms with van der Waals surface area (Å²) in [6, 6.07) is 12.9. The van der Waals surface area contributed by atoms with Gasteiger partial charge in [0.1, 0.15) is 23.4 Å². The molecule has 2 unspecified atom stereocenters. The fourth-order valence-electron chi connectivity index (χ4n) is 4.16. The molecular weight excluding hydrogens is 502 g/mol. The third kappa shape index (κ3) is 8.41. The van der Waals surface area contributed by atoms with Crippen molar-refractivity contribution < 1.29 is 23.9 Å². The number of alkyl carbamates (subject to hydrolysis) is 1. The van der Waals surface area contributed by atoms with Gasteiger partial charge in [0.25, 0.3) is 5.91 Å². The lowest BCUT2D eigenvalue weighted by Crippen LogP contribution is -2.53. The van der Waals surface area contributed by atoms with Gasteiger partial charge in [-0.25, -0.2) is 4.79 Å². The third-order valence-electron chi connectivity index (χ3n) is 6.04. The molecule has 1 saturated carbocycles. The molecule has 1 aliphatic rings. The summed E-state index contributed by atoms with van der Waals surface area (Å²) in [5.74, 6) is 0.737. The van der Waals surface area contributed by atoms with Crippen molar-refractivity contribution in [3.8, 4) is 5.75 Å². The molecule has 9 heteroatoms. The Morgan fingerprint density at radius 3 is 2.34 bits per heavy atom. The number of nitrogens with zero attached hydrogens (tertiary/aromatic N) is 1. The average Bonchev–Trinajstić information content (AvgIpc) is 3.69. The molecule has 0 saturated heterocycles. The summed E-state index contributed by atoms with van der Waals surface area (Å²) in [5, 5.41) is 5.76. The van der Waals surface area contributed by atoms with Crippen molar-refractivity contribution in [3.05, 3.63) is 59.7 Å². The minimum atomic E-state index is -0.866. The number of benzene rings is 2. The lowest BCUT2D eigenvalue weighted by atomic mass is 10.00. The van der Waals surface area contributed by atoms with Crippen molar-refractivity contribution >= 4 is 35.4 Å². The molecule has 1 fully saturated rings. The lowest BCUT2D eigenvalue weighted by Gasteiger charge is -2.35. The van der Waals surface area contributed by atoms with Gasteiger partial charge >= 0.3 is 6.09 Å². The molecule has 0 aromatic heterocycles. The summed E-state index contributed by atoms with van der Waals surface area (Å²) >= 11 is 1.59. The van der Waals surface area contributed by atoms with Crippen LogP contribution in [0.3, 0.4) is 0 Å². The highest BCUT2D eigenvalue weighted by atomic mass is 32.2. The number of carbonyl (C=O) groups is 3. The Morgan fingerprint density at radius 2 is 1.79 bits per heavy atom. The van der Waals surface area contributed by atoms with Crippen LogP contribution in [0.5, 0.6) is 5.75 Å². The van der Waals surface area contributed by atoms with Crippen molar-refractivity contribution in [3.63, 3.8) is 0 Å². The van der Waals surface area contributed by atoms with Gasteiger partial charge in [-0.2, -0.15) is 11.8 Å². The molecule has 0 spiro atoms. The maximum absolute atomic E-state index is 14.1. The van der Waals surface area contributed by atoms with E-state index in [0.29, 0.717) is 23.6 Å². The molecule has 2 N–H and O–H groups in total. The van der Waals surface area contributed by atoms with Crippen LogP contribution < -0.4 is 15.4 Å². The van der Waals surface area contributed by atoms with Gasteiger partial charge in [0, 0.05) is 11.7 Å². The van der Waals surface area contributed by atoms with Crippen LogP contribution in [-0.2, 0) is 14.3 Å². The van der Waals surface area contributed by atoms with E-state index < -0.39 is 23.8 Å². The number of methoxy groups -OCH3 is 1. The molecule has 0 heterocycles. The summed E-state index contributed by atoms with van der Waals surface area (Å²) < 4.78 is 10.7. The van der Waals surface area contributed by atoms with Crippen molar-refractivity contribution in [2.75, 3.05) is 24.4 Å². The number of rotatable bonds is 11. The Hall–Kier alpha value is -3.20. The number of nitrogens with one attached hydrogen (secondary N) is 2. The van der Waals surface area contributed by atoms with Crippen LogP contribution in [-0.4, -0.2) is 59.6 Å². The average molecular weight is 542 g/mol.